The molecule has 0 aliphatic carbocycles. The Balaban J connectivity index is 3.06. The van der Waals surface area contributed by atoms with Crippen LogP contribution in [0.2, 0.25) is 0 Å². The van der Waals surface area contributed by atoms with E-state index in [1.807, 2.05) is 0 Å². The van der Waals surface area contributed by atoms with E-state index in [4.69, 9.17) is 61.6 Å². The van der Waals surface area contributed by atoms with E-state index in [-0.39, 0.29) is 6.61 Å². The Bertz CT molecular complexity index is 623. The molecule has 0 saturated heterocycles. The van der Waals surface area contributed by atoms with Crippen LogP contribution in [0, 0.1) is 0 Å². The van der Waals surface area contributed by atoms with Crippen molar-refractivity contribution in [1.29, 1.82) is 0 Å². The molecule has 44 heavy (non-hydrogen) atoms. The van der Waals surface area contributed by atoms with Crippen molar-refractivity contribution in [1.82, 2.24) is 0 Å². The fourth-order valence-corrected chi connectivity index (χ4v) is 2.81. The highest BCUT2D eigenvalue weighted by Gasteiger charge is 2.02. The molecule has 0 aromatic carbocycles. The molecule has 0 rings (SSSR count). The zero-order chi connectivity index (χ0) is 32.0. The maximum absolute atomic E-state index is 11.2. The SMILES string of the molecule is C=COCCOCCOCCOCCOCCOCCOCCOCCOCCOCCOCCOCCOC(=O)C(=C)C. The van der Waals surface area contributed by atoms with Gasteiger partial charge in [-0.2, -0.15) is 0 Å². The smallest absolute Gasteiger partial charge is 0.333 e. The standard InChI is InChI=1S/C30H56O14/c1-4-32-5-6-33-7-8-34-9-10-35-11-12-36-13-14-37-15-16-38-17-18-39-19-20-40-21-22-41-23-24-42-25-26-43-27-28-44-30(31)29(2)3/h4H,1-2,5-28H2,3H3. The largest absolute Gasteiger partial charge is 0.499 e. The molecule has 0 unspecified atom stereocenters. The minimum absolute atomic E-state index is 0.198. The molecular weight excluding hydrogens is 584 g/mol. The van der Waals surface area contributed by atoms with Crippen LogP contribution < -0.4 is 0 Å². The van der Waals surface area contributed by atoms with E-state index in [9.17, 15) is 4.79 Å². The third-order valence-corrected chi connectivity index (χ3v) is 4.99. The van der Waals surface area contributed by atoms with E-state index in [1.54, 1.807) is 6.92 Å². The maximum Gasteiger partial charge on any atom is 0.333 e. The van der Waals surface area contributed by atoms with Gasteiger partial charge in [-0.25, -0.2) is 4.79 Å². The van der Waals surface area contributed by atoms with Gasteiger partial charge in [0, 0.05) is 5.57 Å². The second-order valence-electron chi connectivity index (χ2n) is 8.69. The molecule has 14 nitrogen and oxygen atoms in total. The highest BCUT2D eigenvalue weighted by atomic mass is 16.6. The molecule has 0 aromatic rings. The minimum atomic E-state index is -0.414. The van der Waals surface area contributed by atoms with Crippen LogP contribution in [0.4, 0.5) is 0 Å². The number of ether oxygens (including phenoxy) is 13. The second-order valence-corrected chi connectivity index (χ2v) is 8.69. The Labute approximate surface area is 263 Å². The highest BCUT2D eigenvalue weighted by Crippen LogP contribution is 1.92. The molecule has 0 spiro atoms. The first kappa shape index (κ1) is 42.3. The van der Waals surface area contributed by atoms with Crippen LogP contribution in [0.1, 0.15) is 6.92 Å². The summed E-state index contributed by atoms with van der Waals surface area (Å²) in [6.07, 6.45) is 1.39. The molecule has 0 radical (unpaired) electrons. The van der Waals surface area contributed by atoms with Crippen molar-refractivity contribution in [2.45, 2.75) is 6.92 Å². The van der Waals surface area contributed by atoms with Crippen molar-refractivity contribution in [3.8, 4) is 0 Å². The van der Waals surface area contributed by atoms with Crippen molar-refractivity contribution in [3.05, 3.63) is 25.0 Å². The number of esters is 1. The maximum atomic E-state index is 11.2. The lowest BCUT2D eigenvalue weighted by atomic mass is 10.4. The molecule has 0 aliphatic heterocycles. The van der Waals surface area contributed by atoms with Gasteiger partial charge in [-0.05, 0) is 6.92 Å². The average molecular weight is 641 g/mol. The van der Waals surface area contributed by atoms with Crippen LogP contribution in [-0.2, 0) is 66.4 Å². The van der Waals surface area contributed by atoms with Crippen molar-refractivity contribution < 1.29 is 66.4 Å². The zero-order valence-corrected chi connectivity index (χ0v) is 26.7. The molecule has 0 heterocycles. The average Bonchev–Trinajstić information content (AvgIpc) is 3.02. The lowest BCUT2D eigenvalue weighted by Gasteiger charge is -2.09. The fourth-order valence-electron chi connectivity index (χ4n) is 2.81. The van der Waals surface area contributed by atoms with Crippen molar-refractivity contribution in [2.24, 2.45) is 0 Å². The molecule has 0 saturated carbocycles. The third-order valence-electron chi connectivity index (χ3n) is 4.99. The topological polar surface area (TPSA) is 137 Å². The van der Waals surface area contributed by atoms with Gasteiger partial charge in [-0.1, -0.05) is 13.2 Å². The molecule has 260 valence electrons. The molecule has 0 amide bonds. The van der Waals surface area contributed by atoms with E-state index < -0.39 is 5.97 Å². The van der Waals surface area contributed by atoms with E-state index in [1.165, 1.54) is 6.26 Å². The first-order valence-corrected chi connectivity index (χ1v) is 15.1. The second kappa shape index (κ2) is 37.5. The highest BCUT2D eigenvalue weighted by molar-refractivity contribution is 5.86. The molecule has 0 aromatic heterocycles. The van der Waals surface area contributed by atoms with Gasteiger partial charge < -0.3 is 61.6 Å². The predicted molar refractivity (Wildman–Crippen MR) is 161 cm³/mol. The van der Waals surface area contributed by atoms with Gasteiger partial charge in [0.2, 0.25) is 0 Å². The lowest BCUT2D eigenvalue weighted by molar-refractivity contribution is -0.140. The minimum Gasteiger partial charge on any atom is -0.499 e. The number of hydrogen-bond donors (Lipinski definition) is 0. The van der Waals surface area contributed by atoms with Gasteiger partial charge in [0.15, 0.2) is 0 Å². The molecule has 14 heteroatoms. The molecule has 0 atom stereocenters. The molecule has 0 aliphatic rings. The first-order valence-electron chi connectivity index (χ1n) is 15.1. The number of hydrogen-bond acceptors (Lipinski definition) is 14. The summed E-state index contributed by atoms with van der Waals surface area (Å²) >= 11 is 0. The van der Waals surface area contributed by atoms with E-state index in [2.05, 4.69) is 13.2 Å². The normalized spacial score (nSPS) is 11.1. The summed E-state index contributed by atoms with van der Waals surface area (Å²) in [6, 6.07) is 0. The van der Waals surface area contributed by atoms with E-state index in [0.717, 1.165) is 0 Å². The Hall–Kier alpha value is -1.69. The van der Waals surface area contributed by atoms with Crippen LogP contribution >= 0.6 is 0 Å². The summed E-state index contributed by atoms with van der Waals surface area (Å²) in [5.41, 5.74) is 0.369. The monoisotopic (exact) mass is 640 g/mol. The van der Waals surface area contributed by atoms with Gasteiger partial charge in [0.1, 0.15) is 13.2 Å². The lowest BCUT2D eigenvalue weighted by Crippen LogP contribution is -2.15. The first-order chi connectivity index (χ1) is 21.7. The van der Waals surface area contributed by atoms with Gasteiger partial charge in [-0.15, -0.1) is 0 Å². The van der Waals surface area contributed by atoms with Crippen LogP contribution in [0.5, 0.6) is 0 Å². The van der Waals surface area contributed by atoms with Gasteiger partial charge in [0.25, 0.3) is 0 Å². The van der Waals surface area contributed by atoms with Crippen LogP contribution in [0.3, 0.4) is 0 Å². The Morgan fingerprint density at radius 1 is 0.409 bits per heavy atom. The summed E-state index contributed by atoms with van der Waals surface area (Å²) < 4.78 is 69.4. The van der Waals surface area contributed by atoms with E-state index >= 15 is 0 Å². The van der Waals surface area contributed by atoms with Crippen LogP contribution in [0.25, 0.3) is 0 Å². The summed E-state index contributed by atoms with van der Waals surface area (Å²) in [7, 11) is 0. The molecule has 0 bridgehead atoms. The zero-order valence-electron chi connectivity index (χ0n) is 26.7. The molecular formula is C30H56O14. The summed E-state index contributed by atoms with van der Waals surface area (Å²) in [5, 5.41) is 0. The third kappa shape index (κ3) is 36.5. The predicted octanol–water partition coefficient (Wildman–Crippen LogP) is 1.45. The Kier molecular flexibility index (Phi) is 36.1. The molecule has 0 fully saturated rings. The van der Waals surface area contributed by atoms with Gasteiger partial charge in [-0.3, -0.25) is 0 Å². The Morgan fingerprint density at radius 2 is 0.614 bits per heavy atom. The summed E-state index contributed by atoms with van der Waals surface area (Å²) in [6.45, 7) is 19.9. The quantitative estimate of drug-likeness (QED) is 0.0417. The summed E-state index contributed by atoms with van der Waals surface area (Å²) in [5.74, 6) is -0.414. The van der Waals surface area contributed by atoms with E-state index in [0.29, 0.717) is 158 Å². The van der Waals surface area contributed by atoms with Crippen molar-refractivity contribution >= 4 is 5.97 Å². The molecule has 0 N–H and O–H groups in total. The summed E-state index contributed by atoms with van der Waals surface area (Å²) in [4.78, 5) is 11.2. The van der Waals surface area contributed by atoms with Crippen molar-refractivity contribution in [2.75, 3.05) is 159 Å². The van der Waals surface area contributed by atoms with Crippen LogP contribution in [0.15, 0.2) is 25.0 Å². The van der Waals surface area contributed by atoms with Crippen molar-refractivity contribution in [3.63, 3.8) is 0 Å². The number of carbonyl (C=O) groups excluding carboxylic acids is 1. The fraction of sp³-hybridized carbons (Fsp3) is 0.833. The van der Waals surface area contributed by atoms with Crippen LogP contribution in [-0.4, -0.2) is 165 Å². The van der Waals surface area contributed by atoms with Gasteiger partial charge >= 0.3 is 5.97 Å². The van der Waals surface area contributed by atoms with Gasteiger partial charge in [0.05, 0.1) is 152 Å². The Morgan fingerprint density at radius 3 is 0.818 bits per heavy atom. The number of rotatable bonds is 38. The number of carbonyl (C=O) groups is 1.